The molecule has 0 N–H and O–H groups in total. The largest absolute Gasteiger partial charge is 0.384 e. The van der Waals surface area contributed by atoms with Crippen LogP contribution in [0.3, 0.4) is 0 Å². The molecule has 1 atom stereocenters. The van der Waals surface area contributed by atoms with Gasteiger partial charge in [0.2, 0.25) is 0 Å². The lowest BCUT2D eigenvalue weighted by Gasteiger charge is -2.09. The number of Topliss-reactive ketones (excluding diaryl/α,β-unsaturated/α-hetero) is 1. The van der Waals surface area contributed by atoms with Crippen molar-refractivity contribution in [3.05, 3.63) is 0 Å². The number of hydrogen-bond acceptors (Lipinski definition) is 4. The number of hydrogen-bond donors (Lipinski definition) is 0. The smallest absolute Gasteiger partial charge is 0.162 e. The summed E-state index contributed by atoms with van der Waals surface area (Å²) < 4.78 is 27.4. The van der Waals surface area contributed by atoms with E-state index in [0.717, 1.165) is 0 Å². The van der Waals surface area contributed by atoms with Crippen LogP contribution in [0.5, 0.6) is 0 Å². The highest BCUT2D eigenvalue weighted by molar-refractivity contribution is 7.92. The van der Waals surface area contributed by atoms with Crippen LogP contribution in [0.15, 0.2) is 0 Å². The standard InChI is InChI=1S/C8H16O4S/c1-4-8(9)7(2)13(10,11)6-5-12-3/h7H,4-6H2,1-3H3. The summed E-state index contributed by atoms with van der Waals surface area (Å²) in [6, 6.07) is 0. The van der Waals surface area contributed by atoms with Crippen LogP contribution in [0.4, 0.5) is 0 Å². The Hall–Kier alpha value is -0.420. The van der Waals surface area contributed by atoms with E-state index >= 15 is 0 Å². The Morgan fingerprint density at radius 2 is 2.00 bits per heavy atom. The van der Waals surface area contributed by atoms with Crippen molar-refractivity contribution in [2.45, 2.75) is 25.5 Å². The van der Waals surface area contributed by atoms with Crippen LogP contribution in [0.2, 0.25) is 0 Å². The number of ketones is 1. The molecule has 0 saturated heterocycles. The molecule has 0 aliphatic heterocycles. The minimum atomic E-state index is -3.31. The van der Waals surface area contributed by atoms with E-state index in [1.807, 2.05) is 0 Å². The Morgan fingerprint density at radius 3 is 2.38 bits per heavy atom. The normalized spacial score (nSPS) is 14.1. The van der Waals surface area contributed by atoms with Crippen molar-refractivity contribution in [2.24, 2.45) is 0 Å². The summed E-state index contributed by atoms with van der Waals surface area (Å²) in [7, 11) is -1.88. The summed E-state index contributed by atoms with van der Waals surface area (Å²) in [5, 5.41) is -0.896. The fourth-order valence-corrected chi connectivity index (χ4v) is 2.18. The Balaban J connectivity index is 4.37. The molecule has 1 unspecified atom stereocenters. The molecule has 0 aromatic heterocycles. The highest BCUT2D eigenvalue weighted by Gasteiger charge is 2.25. The van der Waals surface area contributed by atoms with Gasteiger partial charge in [-0.1, -0.05) is 6.92 Å². The molecule has 5 heteroatoms. The molecule has 0 radical (unpaired) electrons. The molecule has 0 bridgehead atoms. The van der Waals surface area contributed by atoms with E-state index < -0.39 is 15.1 Å². The second kappa shape index (κ2) is 5.34. The summed E-state index contributed by atoms with van der Waals surface area (Å²) >= 11 is 0. The van der Waals surface area contributed by atoms with E-state index in [1.54, 1.807) is 6.92 Å². The minimum Gasteiger partial charge on any atom is -0.384 e. The second-order valence-electron chi connectivity index (χ2n) is 2.82. The predicted molar refractivity (Wildman–Crippen MR) is 50.4 cm³/mol. The van der Waals surface area contributed by atoms with Crippen molar-refractivity contribution < 1.29 is 17.9 Å². The van der Waals surface area contributed by atoms with Crippen LogP contribution in [-0.4, -0.2) is 38.9 Å². The number of carbonyl (C=O) groups is 1. The highest BCUT2D eigenvalue weighted by Crippen LogP contribution is 2.05. The van der Waals surface area contributed by atoms with Gasteiger partial charge in [-0.3, -0.25) is 4.79 Å². The van der Waals surface area contributed by atoms with Crippen molar-refractivity contribution in [1.82, 2.24) is 0 Å². The van der Waals surface area contributed by atoms with E-state index in [0.29, 0.717) is 0 Å². The molecule has 0 spiro atoms. The number of ether oxygens (including phenoxy) is 1. The van der Waals surface area contributed by atoms with E-state index in [4.69, 9.17) is 0 Å². The summed E-state index contributed by atoms with van der Waals surface area (Å²) in [5.74, 6) is -0.327. The SMILES string of the molecule is CCC(=O)C(C)S(=O)(=O)CCOC. The lowest BCUT2D eigenvalue weighted by atomic mass is 10.2. The molecule has 13 heavy (non-hydrogen) atoms. The fourth-order valence-electron chi connectivity index (χ4n) is 0.864. The van der Waals surface area contributed by atoms with E-state index in [9.17, 15) is 13.2 Å². The van der Waals surface area contributed by atoms with Crippen LogP contribution in [0, 0.1) is 0 Å². The van der Waals surface area contributed by atoms with Gasteiger partial charge < -0.3 is 4.74 Å². The van der Waals surface area contributed by atoms with Gasteiger partial charge in [-0.05, 0) is 6.92 Å². The number of sulfone groups is 1. The maximum atomic E-state index is 11.4. The quantitative estimate of drug-likeness (QED) is 0.634. The maximum Gasteiger partial charge on any atom is 0.162 e. The number of carbonyl (C=O) groups excluding carboxylic acids is 1. The van der Waals surface area contributed by atoms with Gasteiger partial charge in [-0.15, -0.1) is 0 Å². The lowest BCUT2D eigenvalue weighted by Crippen LogP contribution is -2.30. The minimum absolute atomic E-state index is 0.0869. The zero-order valence-electron chi connectivity index (χ0n) is 8.24. The van der Waals surface area contributed by atoms with Crippen LogP contribution in [0.25, 0.3) is 0 Å². The van der Waals surface area contributed by atoms with Gasteiger partial charge in [0.1, 0.15) is 11.0 Å². The van der Waals surface area contributed by atoms with Crippen molar-refractivity contribution in [1.29, 1.82) is 0 Å². The van der Waals surface area contributed by atoms with Gasteiger partial charge in [0.15, 0.2) is 9.84 Å². The topological polar surface area (TPSA) is 60.4 Å². The van der Waals surface area contributed by atoms with Gasteiger partial charge in [0, 0.05) is 13.5 Å². The van der Waals surface area contributed by atoms with Crippen molar-refractivity contribution in [3.63, 3.8) is 0 Å². The van der Waals surface area contributed by atoms with E-state index in [2.05, 4.69) is 4.74 Å². The first kappa shape index (κ1) is 12.6. The highest BCUT2D eigenvalue weighted by atomic mass is 32.2. The van der Waals surface area contributed by atoms with Gasteiger partial charge in [0.05, 0.1) is 12.4 Å². The van der Waals surface area contributed by atoms with Crippen molar-refractivity contribution in [3.8, 4) is 0 Å². The molecule has 0 aromatic carbocycles. The fraction of sp³-hybridized carbons (Fsp3) is 0.875. The summed E-state index contributed by atoms with van der Waals surface area (Å²) in [6.45, 7) is 3.23. The Kier molecular flexibility index (Phi) is 5.17. The molecule has 0 aliphatic carbocycles. The third-order valence-corrected chi connectivity index (χ3v) is 3.99. The zero-order chi connectivity index (χ0) is 10.5. The Bertz CT molecular complexity index is 255. The average molecular weight is 208 g/mol. The van der Waals surface area contributed by atoms with Gasteiger partial charge in [-0.2, -0.15) is 0 Å². The molecular weight excluding hydrogens is 192 g/mol. The molecule has 0 amide bonds. The molecule has 0 aromatic rings. The predicted octanol–water partition coefficient (Wildman–Crippen LogP) is 0.415. The van der Waals surface area contributed by atoms with Crippen molar-refractivity contribution >= 4 is 15.6 Å². The van der Waals surface area contributed by atoms with E-state index in [-0.39, 0.29) is 24.6 Å². The third-order valence-electron chi connectivity index (χ3n) is 1.91. The summed E-state index contributed by atoms with van der Waals surface area (Å²) in [4.78, 5) is 11.1. The monoisotopic (exact) mass is 208 g/mol. The van der Waals surface area contributed by atoms with Crippen LogP contribution < -0.4 is 0 Å². The summed E-state index contributed by atoms with van der Waals surface area (Å²) in [5.41, 5.74) is 0. The molecule has 78 valence electrons. The molecular formula is C8H16O4S. The van der Waals surface area contributed by atoms with Gasteiger partial charge in [-0.25, -0.2) is 8.42 Å². The molecule has 4 nitrogen and oxygen atoms in total. The van der Waals surface area contributed by atoms with Crippen LogP contribution in [-0.2, 0) is 19.4 Å². The van der Waals surface area contributed by atoms with Gasteiger partial charge in [0.25, 0.3) is 0 Å². The first-order valence-electron chi connectivity index (χ1n) is 4.19. The number of rotatable bonds is 6. The van der Waals surface area contributed by atoms with Crippen LogP contribution in [0.1, 0.15) is 20.3 Å². The lowest BCUT2D eigenvalue weighted by molar-refractivity contribution is -0.118. The zero-order valence-corrected chi connectivity index (χ0v) is 9.06. The van der Waals surface area contributed by atoms with E-state index in [1.165, 1.54) is 14.0 Å². The molecule has 0 aliphatic rings. The first-order chi connectivity index (χ1) is 5.95. The van der Waals surface area contributed by atoms with Crippen LogP contribution >= 0.6 is 0 Å². The second-order valence-corrected chi connectivity index (χ2v) is 5.26. The molecule has 0 rings (SSSR count). The third kappa shape index (κ3) is 3.87. The van der Waals surface area contributed by atoms with Gasteiger partial charge >= 0.3 is 0 Å². The molecule has 0 saturated carbocycles. The molecule has 0 heterocycles. The first-order valence-corrected chi connectivity index (χ1v) is 5.90. The average Bonchev–Trinajstić information content (AvgIpc) is 2.12. The summed E-state index contributed by atoms with van der Waals surface area (Å²) in [6.07, 6.45) is 0.257. The Morgan fingerprint density at radius 1 is 1.46 bits per heavy atom. The number of methoxy groups -OCH3 is 1. The van der Waals surface area contributed by atoms with Crippen molar-refractivity contribution in [2.75, 3.05) is 19.5 Å². The Labute approximate surface area is 79.2 Å². The maximum absolute atomic E-state index is 11.4. The molecule has 0 fully saturated rings.